The quantitative estimate of drug-likeness (QED) is 0.489. The first-order chi connectivity index (χ1) is 12.7. The third kappa shape index (κ3) is 3.30. The molecule has 0 spiro atoms. The van der Waals surface area contributed by atoms with Crippen LogP contribution in [0.25, 0.3) is 17.5 Å². The number of H-pyrrole nitrogens is 1. The van der Waals surface area contributed by atoms with Crippen LogP contribution >= 0.6 is 0 Å². The van der Waals surface area contributed by atoms with E-state index in [4.69, 9.17) is 10.8 Å². The van der Waals surface area contributed by atoms with Gasteiger partial charge in [-0.25, -0.2) is 9.37 Å². The second-order valence-corrected chi connectivity index (χ2v) is 6.26. The molecule has 4 rings (SSSR count). The number of nitrogen functional groups attached to an aromatic ring is 1. The Labute approximate surface area is 151 Å². The smallest absolute Gasteiger partial charge is 0.138 e. The van der Waals surface area contributed by atoms with Gasteiger partial charge in [0.1, 0.15) is 11.6 Å². The van der Waals surface area contributed by atoms with E-state index in [1.165, 1.54) is 12.1 Å². The summed E-state index contributed by atoms with van der Waals surface area (Å²) in [6.45, 7) is 0. The highest BCUT2D eigenvalue weighted by atomic mass is 19.1. The van der Waals surface area contributed by atoms with Crippen molar-refractivity contribution in [3.63, 3.8) is 0 Å². The second kappa shape index (κ2) is 6.98. The van der Waals surface area contributed by atoms with Crippen molar-refractivity contribution in [1.82, 2.24) is 9.97 Å². The van der Waals surface area contributed by atoms with Gasteiger partial charge in [-0.3, -0.25) is 5.84 Å². The number of aromatic amines is 1. The fourth-order valence-corrected chi connectivity index (χ4v) is 3.11. The molecule has 130 valence electrons. The van der Waals surface area contributed by atoms with Gasteiger partial charge < -0.3 is 10.4 Å². The predicted octanol–water partition coefficient (Wildman–Crippen LogP) is 4.22. The number of benzene rings is 2. The van der Waals surface area contributed by atoms with Crippen molar-refractivity contribution in [1.29, 1.82) is 0 Å². The third-order valence-corrected chi connectivity index (χ3v) is 4.48. The van der Waals surface area contributed by atoms with Crippen LogP contribution in [-0.4, -0.2) is 9.97 Å². The van der Waals surface area contributed by atoms with Gasteiger partial charge in [0.25, 0.3) is 0 Å². The molecule has 0 saturated carbocycles. The Morgan fingerprint density at radius 2 is 1.96 bits per heavy atom. The maximum Gasteiger partial charge on any atom is 0.138 e. The van der Waals surface area contributed by atoms with Gasteiger partial charge in [0, 0.05) is 17.7 Å². The summed E-state index contributed by atoms with van der Waals surface area (Å²) in [6.07, 6.45) is 9.62. The molecule has 0 fully saturated rings. The summed E-state index contributed by atoms with van der Waals surface area (Å²) in [5, 5.41) is 0. The summed E-state index contributed by atoms with van der Waals surface area (Å²) in [4.78, 5) is 8.12. The van der Waals surface area contributed by atoms with Crippen molar-refractivity contribution in [3.05, 3.63) is 89.0 Å². The lowest BCUT2D eigenvalue weighted by molar-refractivity contribution is 0.627. The first-order valence-electron chi connectivity index (χ1n) is 8.49. The number of nitrogens with one attached hydrogen (secondary N) is 2. The van der Waals surface area contributed by atoms with E-state index in [1.807, 2.05) is 30.4 Å². The van der Waals surface area contributed by atoms with Gasteiger partial charge in [-0.2, -0.15) is 0 Å². The average Bonchev–Trinajstić information content (AvgIpc) is 2.94. The van der Waals surface area contributed by atoms with Crippen LogP contribution in [0.3, 0.4) is 0 Å². The Hall–Kier alpha value is -3.18. The van der Waals surface area contributed by atoms with Crippen molar-refractivity contribution >= 4 is 11.8 Å². The molecule has 1 aromatic heterocycles. The topological polar surface area (TPSA) is 66.7 Å². The maximum atomic E-state index is 13.1. The SMILES string of the molecule is NNc1ccc(-c2nc3c([nH]2)CC=CC=C3)cc1Cc1ccc(F)cc1. The van der Waals surface area contributed by atoms with Crippen molar-refractivity contribution in [3.8, 4) is 11.4 Å². The Morgan fingerprint density at radius 1 is 1.12 bits per heavy atom. The van der Waals surface area contributed by atoms with Crippen LogP contribution in [0.2, 0.25) is 0 Å². The Balaban J connectivity index is 1.69. The van der Waals surface area contributed by atoms with Gasteiger partial charge in [0.2, 0.25) is 0 Å². The number of nitrogens with two attached hydrogens (primary N) is 1. The number of allylic oxidation sites excluding steroid dienone is 3. The number of hydrogen-bond donors (Lipinski definition) is 3. The Bertz CT molecular complexity index is 984. The second-order valence-electron chi connectivity index (χ2n) is 6.26. The van der Waals surface area contributed by atoms with Gasteiger partial charge in [0.15, 0.2) is 0 Å². The number of rotatable bonds is 4. The number of hydrogen-bond acceptors (Lipinski definition) is 3. The summed E-state index contributed by atoms with van der Waals surface area (Å²) in [5.74, 6) is 6.26. The van der Waals surface area contributed by atoms with E-state index < -0.39 is 0 Å². The van der Waals surface area contributed by atoms with E-state index in [0.717, 1.165) is 46.0 Å². The molecular weight excluding hydrogens is 327 g/mol. The number of hydrazine groups is 1. The molecule has 0 atom stereocenters. The van der Waals surface area contributed by atoms with Crippen molar-refractivity contribution in [2.45, 2.75) is 12.8 Å². The average molecular weight is 346 g/mol. The predicted molar refractivity (Wildman–Crippen MR) is 103 cm³/mol. The summed E-state index contributed by atoms with van der Waals surface area (Å²) in [6, 6.07) is 12.5. The molecule has 2 aromatic carbocycles. The van der Waals surface area contributed by atoms with Crippen molar-refractivity contribution in [2.75, 3.05) is 5.43 Å². The number of fused-ring (bicyclic) bond motifs is 1. The van der Waals surface area contributed by atoms with Gasteiger partial charge in [-0.15, -0.1) is 0 Å². The molecule has 4 nitrogen and oxygen atoms in total. The molecule has 5 heteroatoms. The first-order valence-corrected chi connectivity index (χ1v) is 8.49. The molecule has 1 aliphatic rings. The van der Waals surface area contributed by atoms with E-state index >= 15 is 0 Å². The zero-order valence-electron chi connectivity index (χ0n) is 14.2. The van der Waals surface area contributed by atoms with Crippen LogP contribution in [0.4, 0.5) is 10.1 Å². The summed E-state index contributed by atoms with van der Waals surface area (Å²) in [7, 11) is 0. The van der Waals surface area contributed by atoms with Gasteiger partial charge >= 0.3 is 0 Å². The van der Waals surface area contributed by atoms with Crippen LogP contribution < -0.4 is 11.3 Å². The van der Waals surface area contributed by atoms with Crippen LogP contribution in [-0.2, 0) is 12.8 Å². The van der Waals surface area contributed by atoms with E-state index in [-0.39, 0.29) is 5.82 Å². The first kappa shape index (κ1) is 16.3. The molecule has 0 aliphatic heterocycles. The maximum absolute atomic E-state index is 13.1. The minimum Gasteiger partial charge on any atom is -0.341 e. The zero-order valence-corrected chi connectivity index (χ0v) is 14.2. The summed E-state index contributed by atoms with van der Waals surface area (Å²) >= 11 is 0. The summed E-state index contributed by atoms with van der Waals surface area (Å²) in [5.41, 5.74) is 8.68. The molecule has 0 saturated heterocycles. The number of nitrogens with zero attached hydrogens (tertiary/aromatic N) is 1. The molecule has 0 radical (unpaired) electrons. The molecule has 0 unspecified atom stereocenters. The van der Waals surface area contributed by atoms with Crippen LogP contribution in [0.15, 0.2) is 60.7 Å². The fourth-order valence-electron chi connectivity index (χ4n) is 3.11. The molecule has 1 heterocycles. The minimum absolute atomic E-state index is 0.237. The standard InChI is InChI=1S/C21H19FN4/c22-17-9-6-14(7-10-17)12-16-13-15(8-11-18(16)26-23)21-24-19-4-2-1-3-5-20(19)25-21/h1-4,6-11,13,26H,5,12,23H2,(H,24,25). The number of halogens is 1. The Kier molecular flexibility index (Phi) is 4.37. The minimum atomic E-state index is -0.237. The molecule has 1 aliphatic carbocycles. The molecule has 3 aromatic rings. The van der Waals surface area contributed by atoms with Crippen molar-refractivity contribution < 1.29 is 4.39 Å². The van der Waals surface area contributed by atoms with E-state index in [1.54, 1.807) is 12.1 Å². The van der Waals surface area contributed by atoms with Gasteiger partial charge in [0.05, 0.1) is 11.4 Å². The highest BCUT2D eigenvalue weighted by molar-refractivity contribution is 5.66. The van der Waals surface area contributed by atoms with Gasteiger partial charge in [-0.1, -0.05) is 30.4 Å². The van der Waals surface area contributed by atoms with Crippen molar-refractivity contribution in [2.24, 2.45) is 5.84 Å². The van der Waals surface area contributed by atoms with E-state index in [9.17, 15) is 4.39 Å². The normalized spacial score (nSPS) is 12.7. The van der Waals surface area contributed by atoms with Crippen LogP contribution in [0.1, 0.15) is 22.5 Å². The van der Waals surface area contributed by atoms with Gasteiger partial charge in [-0.05, 0) is 54.0 Å². The molecule has 26 heavy (non-hydrogen) atoms. The van der Waals surface area contributed by atoms with Crippen LogP contribution in [0.5, 0.6) is 0 Å². The number of anilines is 1. The molecule has 0 bridgehead atoms. The van der Waals surface area contributed by atoms with E-state index in [0.29, 0.717) is 6.42 Å². The Morgan fingerprint density at radius 3 is 2.77 bits per heavy atom. The lowest BCUT2D eigenvalue weighted by Gasteiger charge is -2.11. The molecular formula is C21H19FN4. The third-order valence-electron chi connectivity index (χ3n) is 4.48. The monoisotopic (exact) mass is 346 g/mol. The highest BCUT2D eigenvalue weighted by Crippen LogP contribution is 2.27. The molecule has 0 amide bonds. The number of aromatic nitrogens is 2. The summed E-state index contributed by atoms with van der Waals surface area (Å²) < 4.78 is 13.1. The van der Waals surface area contributed by atoms with E-state index in [2.05, 4.69) is 22.6 Å². The fraction of sp³-hybridized carbons (Fsp3) is 0.0952. The lowest BCUT2D eigenvalue weighted by Crippen LogP contribution is -2.09. The zero-order chi connectivity index (χ0) is 17.9. The van der Waals surface area contributed by atoms with Crippen LogP contribution in [0, 0.1) is 5.82 Å². The molecule has 4 N–H and O–H groups in total. The largest absolute Gasteiger partial charge is 0.341 e. The lowest BCUT2D eigenvalue weighted by atomic mass is 10.0. The number of imidazole rings is 1. The highest BCUT2D eigenvalue weighted by Gasteiger charge is 2.12.